The van der Waals surface area contributed by atoms with E-state index >= 15 is 0 Å². The molecule has 0 unspecified atom stereocenters. The van der Waals surface area contributed by atoms with Gasteiger partial charge >= 0.3 is 5.97 Å². The summed E-state index contributed by atoms with van der Waals surface area (Å²) in [6.07, 6.45) is 2.21. The highest BCUT2D eigenvalue weighted by atomic mass is 32.2. The molecule has 0 aliphatic rings. The van der Waals surface area contributed by atoms with Crippen molar-refractivity contribution in [2.45, 2.75) is 45.6 Å². The first-order valence-corrected chi connectivity index (χ1v) is 7.19. The van der Waals surface area contributed by atoms with Gasteiger partial charge in [-0.05, 0) is 19.8 Å². The Morgan fingerprint density at radius 1 is 1.28 bits per heavy atom. The van der Waals surface area contributed by atoms with Crippen LogP contribution in [0.25, 0.3) is 0 Å². The van der Waals surface area contributed by atoms with Gasteiger partial charge in [0.1, 0.15) is 16.4 Å². The molecule has 100 valence electrons. The number of aromatic nitrogens is 2. The van der Waals surface area contributed by atoms with Crippen molar-refractivity contribution >= 4 is 17.7 Å². The summed E-state index contributed by atoms with van der Waals surface area (Å²) in [7, 11) is 0. The zero-order valence-electron chi connectivity index (χ0n) is 11.4. The third-order valence-electron chi connectivity index (χ3n) is 2.99. The van der Waals surface area contributed by atoms with Crippen LogP contribution in [0.3, 0.4) is 0 Å². The first kappa shape index (κ1) is 15.0. The lowest BCUT2D eigenvalue weighted by atomic mass is 10.1. The van der Waals surface area contributed by atoms with Crippen LogP contribution >= 0.6 is 11.8 Å². The molecule has 18 heavy (non-hydrogen) atoms. The normalized spacial score (nSPS) is 10.9. The largest absolute Gasteiger partial charge is 0.478 e. The molecule has 0 fully saturated rings. The van der Waals surface area contributed by atoms with Crippen LogP contribution in [0.2, 0.25) is 0 Å². The summed E-state index contributed by atoms with van der Waals surface area (Å²) in [5, 5.41) is 9.82. The maximum Gasteiger partial charge on any atom is 0.340 e. The van der Waals surface area contributed by atoms with E-state index in [2.05, 4.69) is 23.8 Å². The highest BCUT2D eigenvalue weighted by Crippen LogP contribution is 2.26. The van der Waals surface area contributed by atoms with Crippen molar-refractivity contribution in [3.63, 3.8) is 0 Å². The maximum absolute atomic E-state index is 11.2. The van der Waals surface area contributed by atoms with Crippen LogP contribution in [0.5, 0.6) is 0 Å². The average Bonchev–Trinajstić information content (AvgIpc) is 2.28. The molecule has 1 rings (SSSR count). The number of rotatable bonds is 6. The molecule has 1 aromatic heterocycles. The second-order valence-electron chi connectivity index (χ2n) is 4.34. The molecule has 0 amide bonds. The van der Waals surface area contributed by atoms with Crippen molar-refractivity contribution in [1.82, 2.24) is 9.97 Å². The fraction of sp³-hybridized carbons (Fsp3) is 0.615. The van der Waals surface area contributed by atoms with Gasteiger partial charge in [-0.15, -0.1) is 11.8 Å². The van der Waals surface area contributed by atoms with E-state index in [0.717, 1.165) is 18.6 Å². The lowest BCUT2D eigenvalue weighted by molar-refractivity contribution is 0.0690. The second-order valence-corrected chi connectivity index (χ2v) is 5.34. The van der Waals surface area contributed by atoms with Gasteiger partial charge in [-0.2, -0.15) is 0 Å². The molecule has 0 radical (unpaired) electrons. The number of aromatic carboxylic acids is 1. The molecule has 1 aromatic rings. The minimum absolute atomic E-state index is 0.247. The summed E-state index contributed by atoms with van der Waals surface area (Å²) in [6, 6.07) is 0. The van der Waals surface area contributed by atoms with Crippen LogP contribution in [0.1, 0.15) is 48.6 Å². The Labute approximate surface area is 112 Å². The number of carboxylic acid groups (broad SMARTS) is 1. The Kier molecular flexibility index (Phi) is 5.59. The summed E-state index contributed by atoms with van der Waals surface area (Å²) in [6.45, 7) is 7.83. The van der Waals surface area contributed by atoms with Crippen molar-refractivity contribution in [1.29, 1.82) is 0 Å². The molecule has 1 N–H and O–H groups in total. The van der Waals surface area contributed by atoms with E-state index in [0.29, 0.717) is 22.5 Å². The third-order valence-corrected chi connectivity index (χ3v) is 4.20. The van der Waals surface area contributed by atoms with E-state index in [-0.39, 0.29) is 5.56 Å². The first-order chi connectivity index (χ1) is 8.49. The first-order valence-electron chi connectivity index (χ1n) is 6.20. The van der Waals surface area contributed by atoms with Gasteiger partial charge in [0, 0.05) is 5.75 Å². The van der Waals surface area contributed by atoms with Crippen LogP contribution in [0.15, 0.2) is 5.03 Å². The summed E-state index contributed by atoms with van der Waals surface area (Å²) in [5.74, 6) is 1.19. The number of thioether (sulfide) groups is 1. The molecule has 1 heterocycles. The van der Waals surface area contributed by atoms with Gasteiger partial charge in [-0.25, -0.2) is 14.8 Å². The Hall–Kier alpha value is -1.10. The van der Waals surface area contributed by atoms with E-state index in [1.165, 1.54) is 11.8 Å². The van der Waals surface area contributed by atoms with E-state index in [1.54, 1.807) is 13.8 Å². The van der Waals surface area contributed by atoms with Crippen molar-refractivity contribution in [2.24, 2.45) is 5.92 Å². The van der Waals surface area contributed by atoms with Crippen LogP contribution in [-0.2, 0) is 0 Å². The number of hydrogen-bond acceptors (Lipinski definition) is 4. The molecular weight excluding hydrogens is 248 g/mol. The average molecular weight is 268 g/mol. The molecule has 0 aliphatic carbocycles. The predicted molar refractivity (Wildman–Crippen MR) is 73.3 cm³/mol. The van der Waals surface area contributed by atoms with Gasteiger partial charge in [-0.3, -0.25) is 0 Å². The maximum atomic E-state index is 11.2. The Morgan fingerprint density at radius 3 is 2.39 bits per heavy atom. The van der Waals surface area contributed by atoms with Crippen molar-refractivity contribution < 1.29 is 9.90 Å². The minimum atomic E-state index is -0.945. The molecule has 0 aromatic carbocycles. The van der Waals surface area contributed by atoms with E-state index < -0.39 is 5.97 Å². The van der Waals surface area contributed by atoms with Gasteiger partial charge in [-0.1, -0.05) is 26.7 Å². The molecular formula is C13H20N2O2S. The molecule has 0 atom stereocenters. The Morgan fingerprint density at radius 2 is 1.89 bits per heavy atom. The lowest BCUT2D eigenvalue weighted by Gasteiger charge is -2.13. The van der Waals surface area contributed by atoms with Gasteiger partial charge in [0.25, 0.3) is 0 Å². The van der Waals surface area contributed by atoms with Crippen molar-refractivity contribution in [2.75, 3.05) is 5.75 Å². The highest BCUT2D eigenvalue weighted by Gasteiger charge is 2.18. The number of aryl methyl sites for hydroxylation is 2. The topological polar surface area (TPSA) is 63.1 Å². The Bertz CT molecular complexity index is 431. The Balaban J connectivity index is 2.96. The fourth-order valence-electron chi connectivity index (χ4n) is 1.75. The standard InChI is InChI=1S/C13H20N2O2S/c1-5-10(6-2)7-18-12-11(13(16)17)8(3)14-9(4)15-12/h10H,5-7H2,1-4H3,(H,16,17). The van der Waals surface area contributed by atoms with Crippen LogP contribution in [0, 0.1) is 19.8 Å². The fourth-order valence-corrected chi connectivity index (χ4v) is 3.19. The predicted octanol–water partition coefficient (Wildman–Crippen LogP) is 3.32. The second kappa shape index (κ2) is 6.73. The van der Waals surface area contributed by atoms with E-state index in [1.807, 2.05) is 0 Å². The number of carbonyl (C=O) groups is 1. The van der Waals surface area contributed by atoms with Crippen LogP contribution in [-0.4, -0.2) is 26.8 Å². The summed E-state index contributed by atoms with van der Waals surface area (Å²) in [5.41, 5.74) is 0.790. The molecule has 4 nitrogen and oxygen atoms in total. The van der Waals surface area contributed by atoms with E-state index in [9.17, 15) is 9.90 Å². The van der Waals surface area contributed by atoms with Gasteiger partial charge in [0.15, 0.2) is 0 Å². The molecule has 0 aliphatic heterocycles. The number of hydrogen-bond donors (Lipinski definition) is 1. The van der Waals surface area contributed by atoms with Crippen LogP contribution in [0.4, 0.5) is 0 Å². The summed E-state index contributed by atoms with van der Waals surface area (Å²) < 4.78 is 0. The minimum Gasteiger partial charge on any atom is -0.478 e. The van der Waals surface area contributed by atoms with Gasteiger partial charge in [0.2, 0.25) is 0 Å². The number of nitrogens with zero attached hydrogens (tertiary/aromatic N) is 2. The molecule has 0 saturated heterocycles. The SMILES string of the molecule is CCC(CC)CSc1nc(C)nc(C)c1C(=O)O. The third kappa shape index (κ3) is 3.70. The van der Waals surface area contributed by atoms with Crippen LogP contribution < -0.4 is 0 Å². The van der Waals surface area contributed by atoms with Gasteiger partial charge in [0.05, 0.1) is 5.69 Å². The van der Waals surface area contributed by atoms with Gasteiger partial charge < -0.3 is 5.11 Å². The molecule has 5 heteroatoms. The number of carboxylic acids is 1. The van der Waals surface area contributed by atoms with E-state index in [4.69, 9.17) is 0 Å². The molecule has 0 bridgehead atoms. The zero-order valence-corrected chi connectivity index (χ0v) is 12.2. The quantitative estimate of drug-likeness (QED) is 0.633. The smallest absolute Gasteiger partial charge is 0.340 e. The molecule has 0 saturated carbocycles. The summed E-state index contributed by atoms with van der Waals surface area (Å²) >= 11 is 1.53. The molecule has 0 spiro atoms. The van der Waals surface area contributed by atoms with Crippen molar-refractivity contribution in [3.05, 3.63) is 17.1 Å². The lowest BCUT2D eigenvalue weighted by Crippen LogP contribution is -2.09. The summed E-state index contributed by atoms with van der Waals surface area (Å²) in [4.78, 5) is 19.6. The van der Waals surface area contributed by atoms with Crippen molar-refractivity contribution in [3.8, 4) is 0 Å². The monoisotopic (exact) mass is 268 g/mol. The zero-order chi connectivity index (χ0) is 13.7. The highest BCUT2D eigenvalue weighted by molar-refractivity contribution is 7.99.